The van der Waals surface area contributed by atoms with Gasteiger partial charge in [-0.2, -0.15) is 13.2 Å². The number of pyridine rings is 1. The van der Waals surface area contributed by atoms with Crippen molar-refractivity contribution in [3.63, 3.8) is 0 Å². The molecule has 0 spiro atoms. The fourth-order valence-corrected chi connectivity index (χ4v) is 1.28. The zero-order valence-corrected chi connectivity index (χ0v) is 10.5. The van der Waals surface area contributed by atoms with Crippen molar-refractivity contribution in [1.82, 2.24) is 10.3 Å². The Morgan fingerprint density at radius 3 is 2.47 bits per heavy atom. The van der Waals surface area contributed by atoms with E-state index < -0.39 is 17.6 Å². The molecule has 0 aliphatic heterocycles. The lowest BCUT2D eigenvalue weighted by atomic mass is 10.1. The van der Waals surface area contributed by atoms with Gasteiger partial charge in [0.15, 0.2) is 0 Å². The second-order valence-electron chi connectivity index (χ2n) is 4.35. The fraction of sp³-hybridized carbons (Fsp3) is 0.500. The van der Waals surface area contributed by atoms with Crippen molar-refractivity contribution in [2.75, 3.05) is 6.61 Å². The third-order valence-electron chi connectivity index (χ3n) is 2.82. The summed E-state index contributed by atoms with van der Waals surface area (Å²) in [5.74, 6) is -0.722. The summed E-state index contributed by atoms with van der Waals surface area (Å²) in [6, 6.07) is 1.53. The van der Waals surface area contributed by atoms with E-state index in [9.17, 15) is 18.0 Å². The van der Waals surface area contributed by atoms with Gasteiger partial charge in [-0.05, 0) is 25.0 Å². The summed E-state index contributed by atoms with van der Waals surface area (Å²) < 4.78 is 36.9. The van der Waals surface area contributed by atoms with Gasteiger partial charge in [-0.1, -0.05) is 6.92 Å². The maximum atomic E-state index is 12.3. The molecule has 2 atom stereocenters. The molecule has 7 heteroatoms. The number of alkyl halides is 3. The molecule has 0 fully saturated rings. The van der Waals surface area contributed by atoms with E-state index in [1.54, 1.807) is 13.8 Å². The van der Waals surface area contributed by atoms with Gasteiger partial charge in [0.05, 0.1) is 5.56 Å². The summed E-state index contributed by atoms with van der Waals surface area (Å²) >= 11 is 0. The van der Waals surface area contributed by atoms with E-state index in [1.165, 1.54) is 0 Å². The lowest BCUT2D eigenvalue weighted by Gasteiger charge is -2.19. The van der Waals surface area contributed by atoms with Crippen LogP contribution >= 0.6 is 0 Å². The minimum atomic E-state index is -4.47. The summed E-state index contributed by atoms with van der Waals surface area (Å²) in [5, 5.41) is 11.5. The topological polar surface area (TPSA) is 62.2 Å². The molecule has 1 aromatic rings. The Hall–Kier alpha value is -1.63. The first-order valence-corrected chi connectivity index (χ1v) is 5.70. The molecule has 1 heterocycles. The van der Waals surface area contributed by atoms with E-state index >= 15 is 0 Å². The molecule has 2 N–H and O–H groups in total. The number of aromatic nitrogens is 1. The van der Waals surface area contributed by atoms with Crippen LogP contribution in [0.25, 0.3) is 0 Å². The van der Waals surface area contributed by atoms with Crippen LogP contribution in [0.5, 0.6) is 0 Å². The van der Waals surface area contributed by atoms with Crippen LogP contribution in [0, 0.1) is 5.92 Å². The highest BCUT2D eigenvalue weighted by molar-refractivity contribution is 5.92. The lowest BCUT2D eigenvalue weighted by molar-refractivity contribution is -0.137. The van der Waals surface area contributed by atoms with Gasteiger partial charge in [-0.15, -0.1) is 0 Å². The van der Waals surface area contributed by atoms with Gasteiger partial charge in [-0.25, -0.2) is 0 Å². The van der Waals surface area contributed by atoms with E-state index in [0.29, 0.717) is 6.20 Å². The van der Waals surface area contributed by atoms with E-state index in [1.807, 2.05) is 0 Å². The predicted molar refractivity (Wildman–Crippen MR) is 62.4 cm³/mol. The van der Waals surface area contributed by atoms with E-state index in [0.717, 1.165) is 12.1 Å². The minimum Gasteiger partial charge on any atom is -0.396 e. The summed E-state index contributed by atoms with van der Waals surface area (Å²) in [7, 11) is 0. The number of rotatable bonds is 4. The molecule has 4 nitrogen and oxygen atoms in total. The first kappa shape index (κ1) is 15.4. The first-order valence-electron chi connectivity index (χ1n) is 5.70. The molecule has 1 amide bonds. The van der Waals surface area contributed by atoms with E-state index in [-0.39, 0.29) is 24.3 Å². The molecule has 0 aliphatic rings. The van der Waals surface area contributed by atoms with Crippen LogP contribution in [0.15, 0.2) is 18.3 Å². The van der Waals surface area contributed by atoms with Crippen LogP contribution < -0.4 is 5.32 Å². The van der Waals surface area contributed by atoms with Crippen LogP contribution in [0.3, 0.4) is 0 Å². The molecule has 1 rings (SSSR count). The molecule has 19 heavy (non-hydrogen) atoms. The Balaban J connectivity index is 2.74. The molecular formula is C12H15F3N2O2. The average molecular weight is 276 g/mol. The number of amides is 1. The van der Waals surface area contributed by atoms with Gasteiger partial charge < -0.3 is 10.4 Å². The zero-order chi connectivity index (χ0) is 14.6. The van der Waals surface area contributed by atoms with Gasteiger partial charge in [0, 0.05) is 18.8 Å². The molecule has 1 aromatic heterocycles. The van der Waals surface area contributed by atoms with Crippen LogP contribution in [0.1, 0.15) is 29.9 Å². The minimum absolute atomic E-state index is 0.0926. The Kier molecular flexibility index (Phi) is 4.88. The van der Waals surface area contributed by atoms with Crippen molar-refractivity contribution >= 4 is 5.91 Å². The SMILES string of the molecule is CC(CO)C(C)NC(=O)c1ccc(C(F)(F)F)cn1. The molecule has 0 aliphatic carbocycles. The number of aliphatic hydroxyl groups excluding tert-OH is 1. The van der Waals surface area contributed by atoms with Crippen molar-refractivity contribution in [2.45, 2.75) is 26.1 Å². The third kappa shape index (κ3) is 4.20. The third-order valence-corrected chi connectivity index (χ3v) is 2.82. The van der Waals surface area contributed by atoms with Crippen molar-refractivity contribution in [2.24, 2.45) is 5.92 Å². The largest absolute Gasteiger partial charge is 0.417 e. The Morgan fingerprint density at radius 1 is 1.42 bits per heavy atom. The van der Waals surface area contributed by atoms with Crippen molar-refractivity contribution in [1.29, 1.82) is 0 Å². The highest BCUT2D eigenvalue weighted by Gasteiger charge is 2.31. The average Bonchev–Trinajstić information content (AvgIpc) is 2.36. The van der Waals surface area contributed by atoms with Gasteiger partial charge >= 0.3 is 6.18 Å². The number of halogens is 3. The van der Waals surface area contributed by atoms with Crippen molar-refractivity contribution in [3.8, 4) is 0 Å². The van der Waals surface area contributed by atoms with Crippen LogP contribution in [0.4, 0.5) is 13.2 Å². The number of hydrogen-bond donors (Lipinski definition) is 2. The Morgan fingerprint density at radius 2 is 2.05 bits per heavy atom. The maximum Gasteiger partial charge on any atom is 0.417 e. The standard InChI is InChI=1S/C12H15F3N2O2/c1-7(6-18)8(2)17-11(19)10-4-3-9(5-16-10)12(13,14)15/h3-5,7-8,18H,6H2,1-2H3,(H,17,19). The fourth-order valence-electron chi connectivity index (χ4n) is 1.28. The number of carbonyl (C=O) groups excluding carboxylic acids is 1. The van der Waals surface area contributed by atoms with E-state index in [4.69, 9.17) is 5.11 Å². The molecule has 0 aromatic carbocycles. The molecular weight excluding hydrogens is 261 g/mol. The van der Waals surface area contributed by atoms with Gasteiger partial charge in [0.1, 0.15) is 5.69 Å². The second-order valence-corrected chi connectivity index (χ2v) is 4.35. The van der Waals surface area contributed by atoms with Crippen LogP contribution in [-0.2, 0) is 6.18 Å². The number of aliphatic hydroxyl groups is 1. The molecule has 0 saturated carbocycles. The summed E-state index contributed by atoms with van der Waals surface area (Å²) in [6.45, 7) is 3.34. The van der Waals surface area contributed by atoms with Gasteiger partial charge in [0.2, 0.25) is 0 Å². The van der Waals surface area contributed by atoms with Gasteiger partial charge in [0.25, 0.3) is 5.91 Å². The molecule has 0 saturated heterocycles. The maximum absolute atomic E-state index is 12.3. The Labute approximate surface area is 108 Å². The summed E-state index contributed by atoms with van der Waals surface area (Å²) in [4.78, 5) is 15.2. The van der Waals surface area contributed by atoms with Crippen molar-refractivity contribution in [3.05, 3.63) is 29.6 Å². The quantitative estimate of drug-likeness (QED) is 0.882. The highest BCUT2D eigenvalue weighted by Crippen LogP contribution is 2.28. The highest BCUT2D eigenvalue weighted by atomic mass is 19.4. The molecule has 2 unspecified atom stereocenters. The normalized spacial score (nSPS) is 14.8. The zero-order valence-electron chi connectivity index (χ0n) is 10.5. The predicted octanol–water partition coefficient (Wildman–Crippen LogP) is 1.85. The number of hydrogen-bond acceptors (Lipinski definition) is 3. The number of carbonyl (C=O) groups is 1. The number of nitrogens with zero attached hydrogens (tertiary/aromatic N) is 1. The summed E-state index contributed by atoms with van der Waals surface area (Å²) in [6.07, 6.45) is -3.85. The van der Waals surface area contributed by atoms with E-state index in [2.05, 4.69) is 10.3 Å². The summed E-state index contributed by atoms with van der Waals surface area (Å²) in [5.41, 5.74) is -0.995. The molecule has 106 valence electrons. The number of nitrogens with one attached hydrogen (secondary N) is 1. The molecule has 0 bridgehead atoms. The van der Waals surface area contributed by atoms with Crippen LogP contribution in [0.2, 0.25) is 0 Å². The Bertz CT molecular complexity index is 432. The first-order chi connectivity index (χ1) is 8.75. The smallest absolute Gasteiger partial charge is 0.396 e. The van der Waals surface area contributed by atoms with Crippen LogP contribution in [-0.4, -0.2) is 28.6 Å². The lowest BCUT2D eigenvalue weighted by Crippen LogP contribution is -2.38. The second kappa shape index (κ2) is 6.01. The van der Waals surface area contributed by atoms with Crippen molar-refractivity contribution < 1.29 is 23.1 Å². The monoisotopic (exact) mass is 276 g/mol. The van der Waals surface area contributed by atoms with Gasteiger partial charge in [-0.3, -0.25) is 9.78 Å². The molecule has 0 radical (unpaired) electrons.